The van der Waals surface area contributed by atoms with Gasteiger partial charge in [0.05, 0.1) is 18.3 Å². The van der Waals surface area contributed by atoms with Gasteiger partial charge in [0.1, 0.15) is 0 Å². The van der Waals surface area contributed by atoms with Crippen molar-refractivity contribution in [2.75, 3.05) is 6.54 Å². The molecule has 1 heterocycles. The number of ether oxygens (including phenoxy) is 1. The molecule has 2 spiro atoms. The maximum absolute atomic E-state index is 10.6. The van der Waals surface area contributed by atoms with Crippen LogP contribution in [0, 0.1) is 45.8 Å². The Morgan fingerprint density at radius 1 is 0.912 bits per heavy atom. The van der Waals surface area contributed by atoms with E-state index in [1.54, 1.807) is 0 Å². The van der Waals surface area contributed by atoms with E-state index >= 15 is 0 Å². The highest BCUT2D eigenvalue weighted by Gasteiger charge is 2.79. The second-order valence-corrected chi connectivity index (χ2v) is 13.7. The molecule has 34 heavy (non-hydrogen) atoms. The average molecular weight is 464 g/mol. The maximum atomic E-state index is 10.6. The van der Waals surface area contributed by atoms with Gasteiger partial charge in [-0.25, -0.2) is 0 Å². The molecule has 1 saturated heterocycles. The van der Waals surface area contributed by atoms with Crippen molar-refractivity contribution in [3.63, 3.8) is 0 Å². The van der Waals surface area contributed by atoms with Crippen molar-refractivity contribution in [2.24, 2.45) is 45.8 Å². The standard InChI is InChI=1S/C31H45NO2/c1-20-23-10-11-24-26-16-28-25(9-8-22(34-28)18-32-17-21-6-4-3-5-7-21)29(26,2)14-15-31(24)19-30(23,31)13-12-27(20)33/h3-7,20,22-28,32-33H,8-19H2,1-2H3/t20?,22-,23?,24?,25?,26?,27?,28?,29?,30?,31?/m1/s1. The maximum Gasteiger partial charge on any atom is 0.0703 e. The van der Waals surface area contributed by atoms with Crippen LogP contribution >= 0.6 is 0 Å². The largest absolute Gasteiger partial charge is 0.393 e. The van der Waals surface area contributed by atoms with Crippen molar-refractivity contribution in [2.45, 2.75) is 103 Å². The van der Waals surface area contributed by atoms with Gasteiger partial charge in [-0.15, -0.1) is 0 Å². The summed E-state index contributed by atoms with van der Waals surface area (Å²) >= 11 is 0. The number of hydrogen-bond acceptors (Lipinski definition) is 3. The molecule has 6 aliphatic rings. The minimum absolute atomic E-state index is 0.0473. The Morgan fingerprint density at radius 3 is 2.53 bits per heavy atom. The van der Waals surface area contributed by atoms with E-state index in [9.17, 15) is 5.11 Å². The van der Waals surface area contributed by atoms with Gasteiger partial charge in [0, 0.05) is 13.1 Å². The Hall–Kier alpha value is -0.900. The number of fused-ring (bicyclic) bond motifs is 4. The van der Waals surface area contributed by atoms with Crippen LogP contribution in [-0.4, -0.2) is 30.0 Å². The Bertz CT molecular complexity index is 919. The Labute approximate surface area is 206 Å². The molecule has 3 nitrogen and oxygen atoms in total. The second kappa shape index (κ2) is 7.80. The summed E-state index contributed by atoms with van der Waals surface area (Å²) in [4.78, 5) is 0. The predicted octanol–water partition coefficient (Wildman–Crippen LogP) is 5.95. The summed E-state index contributed by atoms with van der Waals surface area (Å²) in [5, 5.41) is 14.3. The van der Waals surface area contributed by atoms with E-state index in [-0.39, 0.29) is 6.10 Å². The topological polar surface area (TPSA) is 41.5 Å². The highest BCUT2D eigenvalue weighted by molar-refractivity contribution is 5.28. The molecule has 186 valence electrons. The number of hydrogen-bond donors (Lipinski definition) is 2. The SMILES string of the molecule is CC1C(O)CCC23CC24CCC2(C)C5CC[C@H](CNCc6ccccc6)OC5CC2C4CCC13. The fraction of sp³-hybridized carbons (Fsp3) is 0.806. The van der Waals surface area contributed by atoms with Crippen LogP contribution in [0.1, 0.15) is 83.6 Å². The summed E-state index contributed by atoms with van der Waals surface area (Å²) in [7, 11) is 0. The highest BCUT2D eigenvalue weighted by atomic mass is 16.5. The van der Waals surface area contributed by atoms with Crippen molar-refractivity contribution in [1.82, 2.24) is 5.32 Å². The van der Waals surface area contributed by atoms with Crippen LogP contribution in [0.3, 0.4) is 0 Å². The first kappa shape index (κ1) is 22.3. The van der Waals surface area contributed by atoms with Crippen LogP contribution < -0.4 is 5.32 Å². The van der Waals surface area contributed by atoms with Crippen LogP contribution in [-0.2, 0) is 11.3 Å². The lowest BCUT2D eigenvalue weighted by Gasteiger charge is -2.57. The van der Waals surface area contributed by atoms with E-state index in [4.69, 9.17) is 4.74 Å². The van der Waals surface area contributed by atoms with Crippen LogP contribution in [0.4, 0.5) is 0 Å². The predicted molar refractivity (Wildman–Crippen MR) is 135 cm³/mol. The molecule has 5 aliphatic carbocycles. The number of aliphatic hydroxyl groups excluding tert-OH is 1. The summed E-state index contributed by atoms with van der Waals surface area (Å²) in [5.41, 5.74) is 3.08. The lowest BCUT2D eigenvalue weighted by atomic mass is 9.48. The minimum atomic E-state index is -0.0473. The first-order valence-electron chi connectivity index (χ1n) is 14.6. The van der Waals surface area contributed by atoms with Gasteiger partial charge in [-0.1, -0.05) is 44.2 Å². The van der Waals surface area contributed by atoms with E-state index in [0.29, 0.717) is 34.4 Å². The molecule has 0 bridgehead atoms. The summed E-state index contributed by atoms with van der Waals surface area (Å²) in [5.74, 6) is 3.88. The molecule has 1 aromatic rings. The fourth-order valence-electron chi connectivity index (χ4n) is 11.1. The minimum Gasteiger partial charge on any atom is -0.393 e. The third-order valence-electron chi connectivity index (χ3n) is 12.8. The summed E-state index contributed by atoms with van der Waals surface area (Å²) < 4.78 is 6.87. The molecular weight excluding hydrogens is 418 g/mol. The van der Waals surface area contributed by atoms with Gasteiger partial charge in [0.15, 0.2) is 0 Å². The van der Waals surface area contributed by atoms with Gasteiger partial charge in [-0.05, 0) is 116 Å². The average Bonchev–Trinajstić information content (AvgIpc) is 3.43. The first-order valence-corrected chi connectivity index (χ1v) is 14.6. The van der Waals surface area contributed by atoms with Gasteiger partial charge in [0.2, 0.25) is 0 Å². The Balaban J connectivity index is 1.04. The van der Waals surface area contributed by atoms with Gasteiger partial charge < -0.3 is 15.2 Å². The van der Waals surface area contributed by atoms with Crippen molar-refractivity contribution in [3.05, 3.63) is 35.9 Å². The van der Waals surface area contributed by atoms with E-state index in [0.717, 1.165) is 43.2 Å². The molecular formula is C31H45NO2. The second-order valence-electron chi connectivity index (χ2n) is 13.7. The molecule has 0 amide bonds. The molecule has 5 saturated carbocycles. The smallest absolute Gasteiger partial charge is 0.0703 e. The Kier molecular flexibility index (Phi) is 5.12. The number of benzene rings is 1. The van der Waals surface area contributed by atoms with Gasteiger partial charge >= 0.3 is 0 Å². The van der Waals surface area contributed by atoms with Crippen molar-refractivity contribution in [3.8, 4) is 0 Å². The molecule has 7 rings (SSSR count). The lowest BCUT2D eigenvalue weighted by molar-refractivity contribution is -0.110. The lowest BCUT2D eigenvalue weighted by Crippen LogP contribution is -2.51. The van der Waals surface area contributed by atoms with Gasteiger partial charge in [0.25, 0.3) is 0 Å². The third kappa shape index (κ3) is 2.99. The van der Waals surface area contributed by atoms with E-state index in [1.165, 1.54) is 63.4 Å². The van der Waals surface area contributed by atoms with Gasteiger partial charge in [-0.3, -0.25) is 0 Å². The molecule has 11 atom stereocenters. The van der Waals surface area contributed by atoms with E-state index < -0.39 is 0 Å². The molecule has 1 aliphatic heterocycles. The number of aliphatic hydroxyl groups is 1. The number of nitrogens with one attached hydrogen (secondary N) is 1. The van der Waals surface area contributed by atoms with Crippen LogP contribution in [0.2, 0.25) is 0 Å². The zero-order valence-electron chi connectivity index (χ0n) is 21.3. The van der Waals surface area contributed by atoms with E-state index in [1.807, 2.05) is 0 Å². The van der Waals surface area contributed by atoms with Crippen molar-refractivity contribution >= 4 is 0 Å². The highest BCUT2D eigenvalue weighted by Crippen LogP contribution is 2.86. The zero-order chi connectivity index (χ0) is 23.1. The molecule has 0 aromatic heterocycles. The zero-order valence-corrected chi connectivity index (χ0v) is 21.3. The Morgan fingerprint density at radius 2 is 1.68 bits per heavy atom. The molecule has 2 N–H and O–H groups in total. The number of rotatable bonds is 4. The summed E-state index contributed by atoms with van der Waals surface area (Å²) in [6.45, 7) is 6.95. The summed E-state index contributed by atoms with van der Waals surface area (Å²) in [6.07, 6.45) is 14.3. The molecule has 6 fully saturated rings. The van der Waals surface area contributed by atoms with Crippen LogP contribution in [0.15, 0.2) is 30.3 Å². The van der Waals surface area contributed by atoms with Gasteiger partial charge in [-0.2, -0.15) is 0 Å². The molecule has 3 heteroatoms. The quantitative estimate of drug-likeness (QED) is 0.579. The van der Waals surface area contributed by atoms with Crippen molar-refractivity contribution < 1.29 is 9.84 Å². The molecule has 10 unspecified atom stereocenters. The first-order chi connectivity index (χ1) is 16.5. The molecule has 0 radical (unpaired) electrons. The van der Waals surface area contributed by atoms with E-state index in [2.05, 4.69) is 49.5 Å². The summed E-state index contributed by atoms with van der Waals surface area (Å²) in [6, 6.07) is 10.7. The third-order valence-corrected chi connectivity index (χ3v) is 12.8. The molecule has 1 aromatic carbocycles. The van der Waals surface area contributed by atoms with Crippen LogP contribution in [0.5, 0.6) is 0 Å². The fourth-order valence-corrected chi connectivity index (χ4v) is 11.1. The van der Waals surface area contributed by atoms with Crippen LogP contribution in [0.25, 0.3) is 0 Å². The monoisotopic (exact) mass is 463 g/mol. The van der Waals surface area contributed by atoms with Crippen molar-refractivity contribution in [1.29, 1.82) is 0 Å². The normalized spacial score (nSPS) is 53.1.